The van der Waals surface area contributed by atoms with Crippen LogP contribution < -0.4 is 5.32 Å². The Labute approximate surface area is 332 Å². The number of benzene rings is 8. The summed E-state index contributed by atoms with van der Waals surface area (Å²) in [6.07, 6.45) is -0.391. The van der Waals surface area contributed by atoms with Gasteiger partial charge in [-0.1, -0.05) is 152 Å². The topological polar surface area (TPSA) is 75.9 Å². The molecule has 0 radical (unpaired) electrons. The van der Waals surface area contributed by atoms with Crippen molar-refractivity contribution in [3.63, 3.8) is 0 Å². The van der Waals surface area contributed by atoms with Crippen LogP contribution in [0.4, 0.5) is 0 Å². The fraction of sp³-hybridized carbons (Fsp3) is 0.0192. The van der Waals surface area contributed by atoms with Crippen LogP contribution in [0.2, 0.25) is 0 Å². The molecule has 0 saturated heterocycles. The average Bonchev–Trinajstić information content (AvgIpc) is 3.87. The summed E-state index contributed by atoms with van der Waals surface area (Å²) in [6.45, 7) is 0. The first-order chi connectivity index (χ1) is 28.7. The summed E-state index contributed by atoms with van der Waals surface area (Å²) in [4.78, 5) is 15.6. The van der Waals surface area contributed by atoms with Gasteiger partial charge in [-0.3, -0.25) is 0 Å². The third-order valence-corrected chi connectivity index (χ3v) is 11.3. The van der Waals surface area contributed by atoms with E-state index in [1.54, 1.807) is 0 Å². The molecule has 0 aliphatic carbocycles. The predicted octanol–water partition coefficient (Wildman–Crippen LogP) is 13.0. The van der Waals surface area contributed by atoms with Gasteiger partial charge in [-0.05, 0) is 35.9 Å². The van der Waals surface area contributed by atoms with Gasteiger partial charge in [-0.15, -0.1) is 0 Å². The third-order valence-electron chi connectivity index (χ3n) is 11.3. The van der Waals surface area contributed by atoms with E-state index in [0.29, 0.717) is 5.84 Å². The standard InChI is InChI=1S/C52H32N4O2/c1-3-15-31(16-4-1)50-54-51(32-17-5-2-6-18-32)56-52(55-50)34-20-13-19-33(29-34)48-40-30-44-46(38-23-9-12-28-43(38)57-44)47(45(40)37-22-7-10-26-41(37)53-48)39-25-14-24-36-35-21-8-11-27-42(35)58-49(36)39/h1-30,52H,(H,54,55,56). The molecule has 1 aliphatic rings. The van der Waals surface area contributed by atoms with E-state index in [2.05, 4.69) is 127 Å². The fourth-order valence-electron chi connectivity index (χ4n) is 8.69. The molecule has 0 spiro atoms. The van der Waals surface area contributed by atoms with Crippen molar-refractivity contribution in [3.8, 4) is 22.4 Å². The lowest BCUT2D eigenvalue weighted by molar-refractivity contribution is 0.669. The van der Waals surface area contributed by atoms with Gasteiger partial charge in [0.1, 0.15) is 34.3 Å². The van der Waals surface area contributed by atoms with Crippen LogP contribution >= 0.6 is 0 Å². The number of furan rings is 2. The van der Waals surface area contributed by atoms with Gasteiger partial charge in [-0.25, -0.2) is 15.0 Å². The minimum Gasteiger partial charge on any atom is -0.456 e. The van der Waals surface area contributed by atoms with E-state index in [0.717, 1.165) is 110 Å². The molecule has 0 amide bonds. The smallest absolute Gasteiger partial charge is 0.159 e. The van der Waals surface area contributed by atoms with Gasteiger partial charge >= 0.3 is 0 Å². The normalized spacial score (nSPS) is 14.4. The first kappa shape index (κ1) is 32.4. The molecular formula is C52H32N4O2. The van der Waals surface area contributed by atoms with Crippen molar-refractivity contribution in [1.82, 2.24) is 10.3 Å². The maximum atomic E-state index is 6.74. The van der Waals surface area contributed by atoms with Crippen LogP contribution in [0, 0.1) is 0 Å². The molecule has 272 valence electrons. The van der Waals surface area contributed by atoms with Crippen LogP contribution in [0.5, 0.6) is 0 Å². The molecule has 4 heterocycles. The molecule has 1 N–H and O–H groups in total. The molecule has 11 aromatic rings. The molecule has 58 heavy (non-hydrogen) atoms. The quantitative estimate of drug-likeness (QED) is 0.178. The van der Waals surface area contributed by atoms with Crippen LogP contribution in [0.1, 0.15) is 22.9 Å². The van der Waals surface area contributed by atoms with E-state index in [4.69, 9.17) is 23.8 Å². The maximum absolute atomic E-state index is 6.74. The fourth-order valence-corrected chi connectivity index (χ4v) is 8.69. The Morgan fingerprint density at radius 3 is 1.95 bits per heavy atom. The van der Waals surface area contributed by atoms with Gasteiger partial charge in [0, 0.05) is 65.5 Å². The molecule has 6 heteroatoms. The van der Waals surface area contributed by atoms with Crippen LogP contribution in [0.15, 0.2) is 201 Å². The largest absolute Gasteiger partial charge is 0.456 e. The molecule has 1 aliphatic heterocycles. The van der Waals surface area contributed by atoms with Crippen LogP contribution in [-0.4, -0.2) is 16.7 Å². The van der Waals surface area contributed by atoms with Crippen molar-refractivity contribution >= 4 is 77.2 Å². The molecule has 0 saturated carbocycles. The Kier molecular flexibility index (Phi) is 7.19. The van der Waals surface area contributed by atoms with Gasteiger partial charge in [0.2, 0.25) is 0 Å². The Morgan fingerprint density at radius 1 is 0.466 bits per heavy atom. The summed E-state index contributed by atoms with van der Waals surface area (Å²) < 4.78 is 13.5. The number of fused-ring (bicyclic) bond motifs is 9. The molecule has 8 aromatic carbocycles. The van der Waals surface area contributed by atoms with Crippen LogP contribution in [0.25, 0.3) is 87.9 Å². The van der Waals surface area contributed by atoms with E-state index in [1.807, 2.05) is 60.7 Å². The molecule has 1 unspecified atom stereocenters. The Bertz CT molecular complexity index is 3490. The SMILES string of the molecule is c1ccc(C2=NC(c3cccc(-c4nc5ccccc5c5c(-c6cccc7c6oc6ccccc67)c6c(cc45)oc4ccccc46)c3)NC(c3ccccc3)=N2)cc1. The predicted molar refractivity (Wildman–Crippen MR) is 237 cm³/mol. The average molecular weight is 745 g/mol. The monoisotopic (exact) mass is 744 g/mol. The summed E-state index contributed by atoms with van der Waals surface area (Å²) in [5.41, 5.74) is 11.1. The second-order valence-corrected chi connectivity index (χ2v) is 14.7. The number of pyridine rings is 1. The first-order valence-electron chi connectivity index (χ1n) is 19.5. The van der Waals surface area contributed by atoms with E-state index in [-0.39, 0.29) is 0 Å². The number of hydrogen-bond donors (Lipinski definition) is 1. The Hall–Kier alpha value is -7.83. The number of aromatic nitrogens is 1. The molecule has 6 nitrogen and oxygen atoms in total. The molecule has 1 atom stereocenters. The van der Waals surface area contributed by atoms with Gasteiger partial charge in [-0.2, -0.15) is 0 Å². The summed E-state index contributed by atoms with van der Waals surface area (Å²) in [5, 5.41) is 11.1. The number of amidine groups is 2. The van der Waals surface area contributed by atoms with Crippen molar-refractivity contribution < 1.29 is 8.83 Å². The van der Waals surface area contributed by atoms with Crippen molar-refractivity contribution in [2.75, 3.05) is 0 Å². The van der Waals surface area contributed by atoms with Crippen LogP contribution in [-0.2, 0) is 0 Å². The number of para-hydroxylation sites is 4. The number of nitrogens with zero attached hydrogens (tertiary/aromatic N) is 3. The maximum Gasteiger partial charge on any atom is 0.159 e. The second kappa shape index (κ2) is 12.9. The molecule has 0 fully saturated rings. The molecular weight excluding hydrogens is 713 g/mol. The van der Waals surface area contributed by atoms with Crippen molar-refractivity contribution in [2.24, 2.45) is 9.98 Å². The lowest BCUT2D eigenvalue weighted by Gasteiger charge is -2.24. The second-order valence-electron chi connectivity index (χ2n) is 14.7. The summed E-state index contributed by atoms with van der Waals surface area (Å²) >= 11 is 0. The highest BCUT2D eigenvalue weighted by Gasteiger charge is 2.26. The summed E-state index contributed by atoms with van der Waals surface area (Å²) in [7, 11) is 0. The Balaban J connectivity index is 1.13. The highest BCUT2D eigenvalue weighted by Crippen LogP contribution is 2.48. The van der Waals surface area contributed by atoms with Crippen molar-refractivity contribution in [1.29, 1.82) is 0 Å². The van der Waals surface area contributed by atoms with Gasteiger partial charge in [0.15, 0.2) is 5.84 Å². The summed E-state index contributed by atoms with van der Waals surface area (Å²) in [5.74, 6) is 1.45. The minimum atomic E-state index is -0.391. The third kappa shape index (κ3) is 5.09. The van der Waals surface area contributed by atoms with Gasteiger partial charge in [0.25, 0.3) is 0 Å². The number of nitrogens with one attached hydrogen (secondary N) is 1. The van der Waals surface area contributed by atoms with Gasteiger partial charge in [0.05, 0.1) is 11.2 Å². The zero-order chi connectivity index (χ0) is 38.2. The number of aliphatic imine (C=N–C) groups is 2. The van der Waals surface area contributed by atoms with E-state index in [1.165, 1.54) is 0 Å². The number of hydrogen-bond acceptors (Lipinski definition) is 6. The minimum absolute atomic E-state index is 0.391. The lowest BCUT2D eigenvalue weighted by Crippen LogP contribution is -2.33. The number of rotatable bonds is 5. The van der Waals surface area contributed by atoms with Crippen molar-refractivity contribution in [3.05, 3.63) is 199 Å². The van der Waals surface area contributed by atoms with E-state index < -0.39 is 6.17 Å². The molecule has 3 aromatic heterocycles. The lowest BCUT2D eigenvalue weighted by atomic mass is 9.88. The molecule has 0 bridgehead atoms. The van der Waals surface area contributed by atoms with Crippen molar-refractivity contribution in [2.45, 2.75) is 6.17 Å². The van der Waals surface area contributed by atoms with Crippen LogP contribution in [0.3, 0.4) is 0 Å². The zero-order valence-corrected chi connectivity index (χ0v) is 31.1. The van der Waals surface area contributed by atoms with E-state index in [9.17, 15) is 0 Å². The zero-order valence-electron chi connectivity index (χ0n) is 31.1. The highest BCUT2D eigenvalue weighted by atomic mass is 16.3. The Morgan fingerprint density at radius 2 is 1.12 bits per heavy atom. The highest BCUT2D eigenvalue weighted by molar-refractivity contribution is 6.29. The first-order valence-corrected chi connectivity index (χ1v) is 19.5. The summed E-state index contributed by atoms with van der Waals surface area (Å²) in [6, 6.07) is 62.6. The molecule has 12 rings (SSSR count). The van der Waals surface area contributed by atoms with E-state index >= 15 is 0 Å². The van der Waals surface area contributed by atoms with Gasteiger partial charge < -0.3 is 14.2 Å².